The first-order valence-electron chi connectivity index (χ1n) is 3.08. The van der Waals surface area contributed by atoms with Gasteiger partial charge in [-0.1, -0.05) is 6.58 Å². The van der Waals surface area contributed by atoms with Gasteiger partial charge in [0, 0.05) is 16.9 Å². The van der Waals surface area contributed by atoms with Crippen LogP contribution in [0.15, 0.2) is 18.0 Å². The normalized spacial score (nSPS) is 16.0. The molecule has 2 rings (SSSR count). The minimum absolute atomic E-state index is 0.182. The number of thiophene rings is 1. The Labute approximate surface area is 63.0 Å². The predicted molar refractivity (Wildman–Crippen MR) is 42.1 cm³/mol. The van der Waals surface area contributed by atoms with Crippen LogP contribution in [0.4, 0.5) is 0 Å². The van der Waals surface area contributed by atoms with Gasteiger partial charge in [0.1, 0.15) is 0 Å². The molecule has 0 atom stereocenters. The van der Waals surface area contributed by atoms with Gasteiger partial charge in [0.15, 0.2) is 5.78 Å². The number of carbonyl (C=O) groups is 1. The Balaban J connectivity index is 2.63. The monoisotopic (exact) mass is 150 g/mol. The van der Waals surface area contributed by atoms with Gasteiger partial charge in [-0.3, -0.25) is 4.79 Å². The third kappa shape index (κ3) is 0.596. The summed E-state index contributed by atoms with van der Waals surface area (Å²) in [6, 6.07) is 2.00. The molecule has 1 nitrogen and oxygen atoms in total. The van der Waals surface area contributed by atoms with Gasteiger partial charge >= 0.3 is 0 Å². The lowest BCUT2D eigenvalue weighted by Crippen LogP contribution is -1.91. The molecule has 50 valence electrons. The smallest absolute Gasteiger partial charge is 0.168 e. The lowest BCUT2D eigenvalue weighted by atomic mass is 10.2. The fourth-order valence-electron chi connectivity index (χ4n) is 1.15. The zero-order chi connectivity index (χ0) is 7.14. The van der Waals surface area contributed by atoms with Crippen molar-refractivity contribution < 1.29 is 4.79 Å². The highest BCUT2D eigenvalue weighted by Gasteiger charge is 2.23. The first-order chi connectivity index (χ1) is 4.79. The maximum atomic E-state index is 11.0. The molecule has 0 saturated heterocycles. The second-order valence-electron chi connectivity index (χ2n) is 2.35. The van der Waals surface area contributed by atoms with Crippen LogP contribution in [0.5, 0.6) is 0 Å². The second kappa shape index (κ2) is 1.80. The summed E-state index contributed by atoms with van der Waals surface area (Å²) >= 11 is 1.60. The molecule has 0 unspecified atom stereocenters. The Morgan fingerprint density at radius 3 is 3.10 bits per heavy atom. The van der Waals surface area contributed by atoms with Crippen molar-refractivity contribution in [1.29, 1.82) is 0 Å². The molecule has 0 radical (unpaired) electrons. The molecule has 1 aliphatic carbocycles. The van der Waals surface area contributed by atoms with E-state index in [1.165, 1.54) is 0 Å². The quantitative estimate of drug-likeness (QED) is 0.516. The predicted octanol–water partition coefficient (Wildman–Crippen LogP) is 1.89. The van der Waals surface area contributed by atoms with Gasteiger partial charge < -0.3 is 0 Å². The van der Waals surface area contributed by atoms with E-state index in [1.54, 1.807) is 11.3 Å². The number of allylic oxidation sites excluding steroid dienone is 1. The average Bonchev–Trinajstić information content (AvgIpc) is 2.41. The van der Waals surface area contributed by atoms with E-state index in [4.69, 9.17) is 0 Å². The van der Waals surface area contributed by atoms with Crippen molar-refractivity contribution >= 4 is 22.7 Å². The van der Waals surface area contributed by atoms with Gasteiger partial charge in [-0.2, -0.15) is 0 Å². The summed E-state index contributed by atoms with van der Waals surface area (Å²) in [7, 11) is 0. The number of rotatable bonds is 0. The standard InChI is InChI=1S/C8H6OS/c1-5-7(9)4-6-2-3-10-8(5)6/h2-3H,1,4H2. The van der Waals surface area contributed by atoms with Gasteiger partial charge in [-0.25, -0.2) is 0 Å². The van der Waals surface area contributed by atoms with Gasteiger partial charge in [-0.05, 0) is 17.0 Å². The Morgan fingerprint density at radius 2 is 2.40 bits per heavy atom. The molecule has 0 amide bonds. The third-order valence-electron chi connectivity index (χ3n) is 1.71. The van der Waals surface area contributed by atoms with Crippen LogP contribution in [0.3, 0.4) is 0 Å². The number of hydrogen-bond acceptors (Lipinski definition) is 2. The molecular formula is C8H6OS. The summed E-state index contributed by atoms with van der Waals surface area (Å²) in [4.78, 5) is 12.1. The molecule has 0 N–H and O–H groups in total. The highest BCUT2D eigenvalue weighted by Crippen LogP contribution is 2.32. The fraction of sp³-hybridized carbons (Fsp3) is 0.125. The molecule has 0 saturated carbocycles. The van der Waals surface area contributed by atoms with Gasteiger partial charge in [0.05, 0.1) is 0 Å². The highest BCUT2D eigenvalue weighted by molar-refractivity contribution is 7.12. The summed E-state index contributed by atoms with van der Waals surface area (Å²) in [6.45, 7) is 3.71. The molecule has 0 fully saturated rings. The Hall–Kier alpha value is -0.890. The van der Waals surface area contributed by atoms with E-state index in [1.807, 2.05) is 11.4 Å². The molecule has 2 heteroatoms. The van der Waals surface area contributed by atoms with Gasteiger partial charge in [0.2, 0.25) is 0 Å². The molecule has 0 spiro atoms. The zero-order valence-corrected chi connectivity index (χ0v) is 6.20. The average molecular weight is 150 g/mol. The number of fused-ring (bicyclic) bond motifs is 1. The van der Waals surface area contributed by atoms with Crippen LogP contribution in [0.1, 0.15) is 10.4 Å². The van der Waals surface area contributed by atoms with Gasteiger partial charge in [0.25, 0.3) is 0 Å². The first kappa shape index (κ1) is 5.86. The molecule has 10 heavy (non-hydrogen) atoms. The Morgan fingerprint density at radius 1 is 1.60 bits per heavy atom. The van der Waals surface area contributed by atoms with Crippen LogP contribution in [0.2, 0.25) is 0 Å². The summed E-state index contributed by atoms with van der Waals surface area (Å²) in [5, 5.41) is 2.00. The van der Waals surface area contributed by atoms with Crippen molar-refractivity contribution in [2.75, 3.05) is 0 Å². The second-order valence-corrected chi connectivity index (χ2v) is 3.27. The lowest BCUT2D eigenvalue weighted by Gasteiger charge is -1.85. The third-order valence-corrected chi connectivity index (χ3v) is 2.72. The van der Waals surface area contributed by atoms with Crippen molar-refractivity contribution in [1.82, 2.24) is 0 Å². The Kier molecular flexibility index (Phi) is 1.05. The van der Waals surface area contributed by atoms with E-state index in [0.29, 0.717) is 12.0 Å². The molecule has 0 bridgehead atoms. The van der Waals surface area contributed by atoms with E-state index in [0.717, 1.165) is 10.4 Å². The van der Waals surface area contributed by atoms with E-state index < -0.39 is 0 Å². The molecule has 1 aromatic rings. The van der Waals surface area contributed by atoms with Crippen LogP contribution in [-0.4, -0.2) is 5.78 Å². The number of hydrogen-bond donors (Lipinski definition) is 0. The van der Waals surface area contributed by atoms with Crippen molar-refractivity contribution in [3.8, 4) is 0 Å². The fourth-order valence-corrected chi connectivity index (χ4v) is 2.06. The number of Topliss-reactive ketones (excluding diaryl/α,β-unsaturated/α-hetero) is 1. The van der Waals surface area contributed by atoms with E-state index in [9.17, 15) is 4.79 Å². The van der Waals surface area contributed by atoms with Crippen LogP contribution in [0, 0.1) is 0 Å². The maximum absolute atomic E-state index is 11.0. The summed E-state index contributed by atoms with van der Waals surface area (Å²) in [5.41, 5.74) is 1.85. The molecule has 0 aliphatic heterocycles. The lowest BCUT2D eigenvalue weighted by molar-refractivity contribution is -0.112. The van der Waals surface area contributed by atoms with Crippen molar-refractivity contribution in [3.63, 3.8) is 0 Å². The van der Waals surface area contributed by atoms with Crippen molar-refractivity contribution in [2.45, 2.75) is 6.42 Å². The summed E-state index contributed by atoms with van der Waals surface area (Å²) in [6.07, 6.45) is 0.567. The van der Waals surface area contributed by atoms with Crippen molar-refractivity contribution in [3.05, 3.63) is 28.5 Å². The van der Waals surface area contributed by atoms with Crippen LogP contribution in [-0.2, 0) is 11.2 Å². The zero-order valence-electron chi connectivity index (χ0n) is 5.39. The minimum atomic E-state index is 0.182. The SMILES string of the molecule is C=C1C(=O)Cc2ccsc21. The van der Waals surface area contributed by atoms with Gasteiger partial charge in [-0.15, -0.1) is 11.3 Å². The molecule has 1 heterocycles. The topological polar surface area (TPSA) is 17.1 Å². The van der Waals surface area contributed by atoms with E-state index >= 15 is 0 Å². The van der Waals surface area contributed by atoms with Crippen molar-refractivity contribution in [2.24, 2.45) is 0 Å². The van der Waals surface area contributed by atoms with E-state index in [2.05, 4.69) is 6.58 Å². The molecule has 1 aliphatic rings. The maximum Gasteiger partial charge on any atom is 0.168 e. The Bertz CT molecular complexity index is 309. The first-order valence-corrected chi connectivity index (χ1v) is 3.96. The molecular weight excluding hydrogens is 144 g/mol. The largest absolute Gasteiger partial charge is 0.294 e. The van der Waals surface area contributed by atoms with Crippen LogP contribution < -0.4 is 0 Å². The highest BCUT2D eigenvalue weighted by atomic mass is 32.1. The number of ketones is 1. The summed E-state index contributed by atoms with van der Waals surface area (Å²) in [5.74, 6) is 0.182. The van der Waals surface area contributed by atoms with Crippen LogP contribution >= 0.6 is 11.3 Å². The molecule has 1 aromatic heterocycles. The summed E-state index contributed by atoms with van der Waals surface area (Å²) < 4.78 is 0. The van der Waals surface area contributed by atoms with E-state index in [-0.39, 0.29) is 5.78 Å². The molecule has 0 aromatic carbocycles. The van der Waals surface area contributed by atoms with Crippen LogP contribution in [0.25, 0.3) is 5.57 Å². The minimum Gasteiger partial charge on any atom is -0.294 e. The number of carbonyl (C=O) groups excluding carboxylic acids is 1.